The second-order valence-corrected chi connectivity index (χ2v) is 10.2. The first-order valence-corrected chi connectivity index (χ1v) is 13.8. The molecule has 15 heteroatoms. The lowest BCUT2D eigenvalue weighted by Gasteiger charge is -2.38. The number of benzene rings is 1. The maximum Gasteiger partial charge on any atom is 0.409 e. The molecular formula is C27H32N8O7. The quantitative estimate of drug-likeness (QED) is 0.350. The van der Waals surface area contributed by atoms with E-state index in [1.54, 1.807) is 36.1 Å². The molecule has 0 radical (unpaired) electrons. The van der Waals surface area contributed by atoms with Gasteiger partial charge in [0.05, 0.1) is 12.1 Å². The zero-order valence-corrected chi connectivity index (χ0v) is 23.1. The van der Waals surface area contributed by atoms with Gasteiger partial charge in [0.2, 0.25) is 11.5 Å². The van der Waals surface area contributed by atoms with E-state index in [2.05, 4.69) is 25.8 Å². The van der Waals surface area contributed by atoms with Crippen LogP contribution in [0, 0.1) is 0 Å². The zero-order chi connectivity index (χ0) is 29.7. The molecule has 3 aromatic rings. The Labute approximate surface area is 240 Å². The standard InChI is InChI=1S/C27H32N8O7/c1-2-41-26(40)34-14-12-33(13-15-34)24(37)20(8-11-35-17-28-31-32-35)30-23(36)21-16-22(18-6-3-4-7-19(18)29-21)42-27(25(38)39)9-5-10-27/h3-4,6-7,16-17,20H,2,5,8-15H2,1H3,(H,30,36)(H,38,39). The van der Waals surface area contributed by atoms with Crippen molar-refractivity contribution in [3.63, 3.8) is 0 Å². The van der Waals surface area contributed by atoms with Crippen molar-refractivity contribution in [1.29, 1.82) is 0 Å². The number of carboxylic acids is 1. The third-order valence-electron chi connectivity index (χ3n) is 7.53. The van der Waals surface area contributed by atoms with Crippen LogP contribution in [-0.4, -0.2) is 108 Å². The molecule has 1 saturated carbocycles. The number of amides is 3. The summed E-state index contributed by atoms with van der Waals surface area (Å²) in [5.41, 5.74) is -0.920. The second-order valence-electron chi connectivity index (χ2n) is 10.2. The summed E-state index contributed by atoms with van der Waals surface area (Å²) in [6.07, 6.45) is 2.61. The largest absolute Gasteiger partial charge is 0.478 e. The van der Waals surface area contributed by atoms with Gasteiger partial charge in [-0.05, 0) is 55.2 Å². The number of carbonyl (C=O) groups is 4. The third-order valence-corrected chi connectivity index (χ3v) is 7.53. The highest BCUT2D eigenvalue weighted by Gasteiger charge is 2.47. The molecule has 3 heterocycles. The Morgan fingerprint density at radius 2 is 1.83 bits per heavy atom. The number of fused-ring (bicyclic) bond motifs is 1. The number of piperazine rings is 1. The molecule has 1 atom stereocenters. The number of nitrogens with one attached hydrogen (secondary N) is 1. The Bertz CT molecular complexity index is 1450. The molecule has 222 valence electrons. The van der Waals surface area contributed by atoms with Gasteiger partial charge in [0, 0.05) is 44.2 Å². The van der Waals surface area contributed by atoms with Crippen molar-refractivity contribution in [3.05, 3.63) is 42.4 Å². The second kappa shape index (κ2) is 12.4. The minimum atomic E-state index is -1.35. The maximum atomic E-state index is 13.6. The van der Waals surface area contributed by atoms with Crippen LogP contribution in [0.15, 0.2) is 36.7 Å². The Kier molecular flexibility index (Phi) is 8.45. The summed E-state index contributed by atoms with van der Waals surface area (Å²) >= 11 is 0. The number of aryl methyl sites for hydroxylation is 1. The highest BCUT2D eigenvalue weighted by atomic mass is 16.6. The van der Waals surface area contributed by atoms with Gasteiger partial charge in [-0.25, -0.2) is 19.3 Å². The van der Waals surface area contributed by atoms with Crippen LogP contribution in [0.3, 0.4) is 0 Å². The van der Waals surface area contributed by atoms with Crippen LogP contribution < -0.4 is 10.1 Å². The summed E-state index contributed by atoms with van der Waals surface area (Å²) in [5, 5.41) is 24.2. The van der Waals surface area contributed by atoms with E-state index < -0.39 is 29.6 Å². The monoisotopic (exact) mass is 580 g/mol. The van der Waals surface area contributed by atoms with Crippen molar-refractivity contribution in [3.8, 4) is 5.75 Å². The number of ether oxygens (including phenoxy) is 2. The Hall–Kier alpha value is -4.82. The zero-order valence-electron chi connectivity index (χ0n) is 23.1. The summed E-state index contributed by atoms with van der Waals surface area (Å²) in [4.78, 5) is 58.9. The minimum Gasteiger partial charge on any atom is -0.478 e. The van der Waals surface area contributed by atoms with E-state index in [1.165, 1.54) is 22.0 Å². The molecule has 2 aromatic heterocycles. The summed E-state index contributed by atoms with van der Waals surface area (Å²) in [6, 6.07) is 7.46. The average Bonchev–Trinajstić information content (AvgIpc) is 3.50. The van der Waals surface area contributed by atoms with E-state index in [-0.39, 0.29) is 50.0 Å². The number of pyridine rings is 1. The Morgan fingerprint density at radius 1 is 1.10 bits per heavy atom. The van der Waals surface area contributed by atoms with Gasteiger partial charge in [-0.15, -0.1) is 5.10 Å². The van der Waals surface area contributed by atoms with Crippen molar-refractivity contribution in [1.82, 2.24) is 40.3 Å². The fourth-order valence-electron chi connectivity index (χ4n) is 4.99. The number of carbonyl (C=O) groups excluding carboxylic acids is 3. The molecule has 0 spiro atoms. The number of aliphatic carboxylic acids is 1. The molecule has 1 unspecified atom stereocenters. The Balaban J connectivity index is 1.36. The predicted molar refractivity (Wildman–Crippen MR) is 145 cm³/mol. The minimum absolute atomic E-state index is 0.0177. The fraction of sp³-hybridized carbons (Fsp3) is 0.481. The molecule has 1 aromatic carbocycles. The van der Waals surface area contributed by atoms with Gasteiger partial charge < -0.3 is 29.7 Å². The highest BCUT2D eigenvalue weighted by Crippen LogP contribution is 2.39. The lowest BCUT2D eigenvalue weighted by Crippen LogP contribution is -2.56. The van der Waals surface area contributed by atoms with Crippen molar-refractivity contribution in [2.24, 2.45) is 0 Å². The van der Waals surface area contributed by atoms with Crippen molar-refractivity contribution < 1.29 is 33.8 Å². The summed E-state index contributed by atoms with van der Waals surface area (Å²) in [7, 11) is 0. The van der Waals surface area contributed by atoms with Gasteiger partial charge >= 0.3 is 12.1 Å². The fourth-order valence-corrected chi connectivity index (χ4v) is 4.99. The Morgan fingerprint density at radius 3 is 2.48 bits per heavy atom. The molecule has 2 fully saturated rings. The van der Waals surface area contributed by atoms with Crippen LogP contribution in [0.25, 0.3) is 10.9 Å². The third kappa shape index (κ3) is 6.09. The normalized spacial score (nSPS) is 16.8. The van der Waals surface area contributed by atoms with Gasteiger partial charge in [0.25, 0.3) is 5.91 Å². The first-order valence-electron chi connectivity index (χ1n) is 13.8. The van der Waals surface area contributed by atoms with Gasteiger partial charge in [-0.1, -0.05) is 12.1 Å². The van der Waals surface area contributed by atoms with Gasteiger partial charge in [-0.2, -0.15) is 0 Å². The molecule has 42 heavy (non-hydrogen) atoms. The summed E-state index contributed by atoms with van der Waals surface area (Å²) in [5.74, 6) is -1.77. The lowest BCUT2D eigenvalue weighted by atomic mass is 9.80. The number of para-hydroxylation sites is 1. The van der Waals surface area contributed by atoms with E-state index in [9.17, 15) is 24.3 Å². The molecular weight excluding hydrogens is 548 g/mol. The predicted octanol–water partition coefficient (Wildman–Crippen LogP) is 1.10. The van der Waals surface area contributed by atoms with Crippen molar-refractivity contribution in [2.75, 3.05) is 32.8 Å². The number of rotatable bonds is 10. The van der Waals surface area contributed by atoms with Crippen LogP contribution in [0.5, 0.6) is 5.75 Å². The average molecular weight is 581 g/mol. The van der Waals surface area contributed by atoms with Crippen LogP contribution in [0.2, 0.25) is 0 Å². The highest BCUT2D eigenvalue weighted by molar-refractivity contribution is 5.99. The summed E-state index contributed by atoms with van der Waals surface area (Å²) in [6.45, 7) is 3.40. The molecule has 5 rings (SSSR count). The number of hydrogen-bond donors (Lipinski definition) is 2. The molecule has 0 bridgehead atoms. The number of carboxylic acid groups (broad SMARTS) is 1. The first-order chi connectivity index (χ1) is 20.3. The maximum absolute atomic E-state index is 13.6. The van der Waals surface area contributed by atoms with Gasteiger partial charge in [0.1, 0.15) is 23.8 Å². The summed E-state index contributed by atoms with van der Waals surface area (Å²) < 4.78 is 12.5. The van der Waals surface area contributed by atoms with Crippen molar-refractivity contribution in [2.45, 2.75) is 50.8 Å². The van der Waals surface area contributed by atoms with Crippen LogP contribution in [0.4, 0.5) is 4.79 Å². The molecule has 2 aliphatic rings. The number of nitrogens with zero attached hydrogens (tertiary/aromatic N) is 7. The van der Waals surface area contributed by atoms with Crippen LogP contribution in [0.1, 0.15) is 43.1 Å². The van der Waals surface area contributed by atoms with E-state index in [0.29, 0.717) is 36.8 Å². The lowest BCUT2D eigenvalue weighted by molar-refractivity contribution is -0.163. The molecule has 15 nitrogen and oxygen atoms in total. The van der Waals surface area contributed by atoms with Gasteiger partial charge in [0.15, 0.2) is 0 Å². The molecule has 3 amide bonds. The topological polar surface area (TPSA) is 182 Å². The van der Waals surface area contributed by atoms with E-state index in [0.717, 1.165) is 6.42 Å². The number of aromatic nitrogens is 5. The first kappa shape index (κ1) is 28.7. The number of tetrazole rings is 1. The molecule has 1 aliphatic carbocycles. The molecule has 2 N–H and O–H groups in total. The molecule has 1 aliphatic heterocycles. The number of hydrogen-bond acceptors (Lipinski definition) is 10. The van der Waals surface area contributed by atoms with E-state index in [4.69, 9.17) is 9.47 Å². The van der Waals surface area contributed by atoms with Gasteiger partial charge in [-0.3, -0.25) is 9.59 Å². The van der Waals surface area contributed by atoms with Crippen molar-refractivity contribution >= 4 is 34.8 Å². The molecule has 1 saturated heterocycles. The van der Waals surface area contributed by atoms with Crippen LogP contribution >= 0.6 is 0 Å². The SMILES string of the molecule is CCOC(=O)N1CCN(C(=O)C(CCn2cnnn2)NC(=O)c2cc(OC3(C(=O)O)CCC3)c3ccccc3n2)CC1. The van der Waals surface area contributed by atoms with E-state index in [1.807, 2.05) is 0 Å². The smallest absolute Gasteiger partial charge is 0.409 e. The van der Waals surface area contributed by atoms with Crippen LogP contribution in [-0.2, 0) is 20.9 Å². The van der Waals surface area contributed by atoms with E-state index >= 15 is 0 Å².